The van der Waals surface area contributed by atoms with Crippen LogP contribution in [-0.2, 0) is 16.0 Å². The average Bonchev–Trinajstić information content (AvgIpc) is 2.45. The molecule has 1 aromatic carbocycles. The molecule has 0 fully saturated rings. The summed E-state index contributed by atoms with van der Waals surface area (Å²) in [6.45, 7) is 4.11. The lowest BCUT2D eigenvalue weighted by atomic mass is 10.1. The van der Waals surface area contributed by atoms with Crippen molar-refractivity contribution >= 4 is 23.4 Å². The van der Waals surface area contributed by atoms with Crippen LogP contribution in [0.3, 0.4) is 0 Å². The van der Waals surface area contributed by atoms with E-state index in [-0.39, 0.29) is 24.3 Å². The molecule has 4 N–H and O–H groups in total. The van der Waals surface area contributed by atoms with Crippen molar-refractivity contribution in [1.82, 2.24) is 10.6 Å². The molecule has 0 saturated heterocycles. The van der Waals surface area contributed by atoms with Gasteiger partial charge in [0.1, 0.15) is 0 Å². The van der Waals surface area contributed by atoms with E-state index in [0.29, 0.717) is 18.0 Å². The van der Waals surface area contributed by atoms with Crippen LogP contribution in [0.4, 0.5) is 0 Å². The molecule has 0 spiro atoms. The Balaban J connectivity index is 2.26. The summed E-state index contributed by atoms with van der Waals surface area (Å²) in [5.41, 5.74) is 6.66. The second kappa shape index (κ2) is 8.64. The zero-order valence-electron chi connectivity index (χ0n) is 12.4. The summed E-state index contributed by atoms with van der Waals surface area (Å²) in [7, 11) is 0. The van der Waals surface area contributed by atoms with Crippen molar-refractivity contribution in [1.29, 1.82) is 0 Å². The molecule has 0 radical (unpaired) electrons. The fraction of sp³-hybridized carbons (Fsp3) is 0.467. The average molecular weight is 312 g/mol. The predicted molar refractivity (Wildman–Crippen MR) is 84.0 cm³/mol. The first-order valence-corrected chi connectivity index (χ1v) is 7.33. The van der Waals surface area contributed by atoms with Crippen molar-refractivity contribution in [3.63, 3.8) is 0 Å². The normalized spacial score (nSPS) is 12.0. The highest BCUT2D eigenvalue weighted by atomic mass is 35.5. The molecule has 5 nitrogen and oxygen atoms in total. The summed E-state index contributed by atoms with van der Waals surface area (Å²) in [5.74, 6) is -0.522. The first-order chi connectivity index (χ1) is 9.91. The Morgan fingerprint density at radius 2 is 1.90 bits per heavy atom. The SMILES string of the molecule is CC(C)[C@H](N)C(=O)NCC(=O)NCCc1ccccc1Cl. The third-order valence-corrected chi connectivity index (χ3v) is 3.49. The van der Waals surface area contributed by atoms with Crippen LogP contribution in [0.2, 0.25) is 5.02 Å². The van der Waals surface area contributed by atoms with E-state index in [1.807, 2.05) is 38.1 Å². The smallest absolute Gasteiger partial charge is 0.239 e. The standard InChI is InChI=1S/C15H22ClN3O2/c1-10(2)14(17)15(21)19-9-13(20)18-8-7-11-5-3-4-6-12(11)16/h3-6,10,14H,7-9,17H2,1-2H3,(H,18,20)(H,19,21)/t14-/m0/s1. The van der Waals surface area contributed by atoms with Gasteiger partial charge >= 0.3 is 0 Å². The van der Waals surface area contributed by atoms with E-state index in [1.165, 1.54) is 0 Å². The topological polar surface area (TPSA) is 84.2 Å². The number of hydrogen-bond donors (Lipinski definition) is 3. The predicted octanol–water partition coefficient (Wildman–Crippen LogP) is 1.10. The highest BCUT2D eigenvalue weighted by Gasteiger charge is 2.17. The maximum atomic E-state index is 11.6. The molecular formula is C15H22ClN3O2. The van der Waals surface area contributed by atoms with Gasteiger partial charge in [-0.25, -0.2) is 0 Å². The number of nitrogens with two attached hydrogens (primary N) is 1. The van der Waals surface area contributed by atoms with E-state index in [9.17, 15) is 9.59 Å². The molecule has 2 amide bonds. The summed E-state index contributed by atoms with van der Waals surface area (Å²) >= 11 is 6.02. The first kappa shape index (κ1) is 17.5. The lowest BCUT2D eigenvalue weighted by molar-refractivity contribution is -0.127. The van der Waals surface area contributed by atoms with Gasteiger partial charge in [-0.05, 0) is 24.0 Å². The minimum atomic E-state index is -0.596. The second-order valence-corrected chi connectivity index (χ2v) is 5.59. The summed E-state index contributed by atoms with van der Waals surface area (Å²) in [4.78, 5) is 23.2. The Morgan fingerprint density at radius 1 is 1.24 bits per heavy atom. The van der Waals surface area contributed by atoms with Gasteiger partial charge in [0.15, 0.2) is 0 Å². The van der Waals surface area contributed by atoms with Gasteiger partial charge in [0.2, 0.25) is 11.8 Å². The van der Waals surface area contributed by atoms with Crippen LogP contribution in [0.25, 0.3) is 0 Å². The van der Waals surface area contributed by atoms with Crippen LogP contribution >= 0.6 is 11.6 Å². The molecule has 0 saturated carbocycles. The molecule has 1 aromatic rings. The van der Waals surface area contributed by atoms with Gasteiger partial charge in [-0.15, -0.1) is 0 Å². The Kier molecular flexibility index (Phi) is 7.19. The Hall–Kier alpha value is -1.59. The minimum absolute atomic E-state index is 0.0354. The molecule has 21 heavy (non-hydrogen) atoms. The largest absolute Gasteiger partial charge is 0.354 e. The first-order valence-electron chi connectivity index (χ1n) is 6.95. The molecule has 0 heterocycles. The van der Waals surface area contributed by atoms with E-state index < -0.39 is 6.04 Å². The number of carbonyl (C=O) groups is 2. The maximum absolute atomic E-state index is 11.6. The van der Waals surface area contributed by atoms with Crippen LogP contribution < -0.4 is 16.4 Å². The van der Waals surface area contributed by atoms with Gasteiger partial charge < -0.3 is 16.4 Å². The molecule has 0 unspecified atom stereocenters. The van der Waals surface area contributed by atoms with Gasteiger partial charge in [0.25, 0.3) is 0 Å². The number of carbonyl (C=O) groups excluding carboxylic acids is 2. The zero-order valence-corrected chi connectivity index (χ0v) is 13.1. The lowest BCUT2D eigenvalue weighted by Crippen LogP contribution is -2.47. The van der Waals surface area contributed by atoms with Gasteiger partial charge in [-0.1, -0.05) is 43.6 Å². The van der Waals surface area contributed by atoms with Crippen LogP contribution in [0, 0.1) is 5.92 Å². The Morgan fingerprint density at radius 3 is 2.52 bits per heavy atom. The number of hydrogen-bond acceptors (Lipinski definition) is 3. The molecule has 1 rings (SSSR count). The van der Waals surface area contributed by atoms with E-state index in [2.05, 4.69) is 10.6 Å². The molecule has 0 bridgehead atoms. The molecule has 0 aromatic heterocycles. The Labute approximate surface area is 130 Å². The lowest BCUT2D eigenvalue weighted by Gasteiger charge is -2.15. The van der Waals surface area contributed by atoms with Gasteiger partial charge in [-0.3, -0.25) is 9.59 Å². The van der Waals surface area contributed by atoms with Gasteiger partial charge in [0, 0.05) is 11.6 Å². The van der Waals surface area contributed by atoms with Gasteiger partial charge in [0.05, 0.1) is 12.6 Å². The molecule has 0 aliphatic carbocycles. The van der Waals surface area contributed by atoms with Crippen molar-refractivity contribution < 1.29 is 9.59 Å². The van der Waals surface area contributed by atoms with Crippen molar-refractivity contribution in [3.8, 4) is 0 Å². The number of halogens is 1. The Bertz CT molecular complexity index is 492. The minimum Gasteiger partial charge on any atom is -0.354 e. The molecule has 116 valence electrons. The van der Waals surface area contributed by atoms with Crippen molar-refractivity contribution in [2.75, 3.05) is 13.1 Å². The monoisotopic (exact) mass is 311 g/mol. The van der Waals surface area contributed by atoms with Crippen LogP contribution in [0.15, 0.2) is 24.3 Å². The molecule has 1 atom stereocenters. The fourth-order valence-corrected chi connectivity index (χ4v) is 1.92. The van der Waals surface area contributed by atoms with E-state index in [0.717, 1.165) is 5.56 Å². The van der Waals surface area contributed by atoms with Crippen LogP contribution in [0.1, 0.15) is 19.4 Å². The second-order valence-electron chi connectivity index (χ2n) is 5.18. The number of nitrogens with one attached hydrogen (secondary N) is 2. The number of benzene rings is 1. The fourth-order valence-electron chi connectivity index (χ4n) is 1.69. The summed E-state index contributed by atoms with van der Waals surface area (Å²) in [5, 5.41) is 5.93. The number of rotatable bonds is 7. The highest BCUT2D eigenvalue weighted by Crippen LogP contribution is 2.14. The van der Waals surface area contributed by atoms with Crippen LogP contribution in [-0.4, -0.2) is 30.9 Å². The summed E-state index contributed by atoms with van der Waals surface area (Å²) in [6.07, 6.45) is 0.644. The third-order valence-electron chi connectivity index (χ3n) is 3.12. The van der Waals surface area contributed by atoms with Crippen molar-refractivity contribution in [2.45, 2.75) is 26.3 Å². The van der Waals surface area contributed by atoms with Crippen molar-refractivity contribution in [2.24, 2.45) is 11.7 Å². The molecule has 0 aliphatic heterocycles. The molecule has 6 heteroatoms. The van der Waals surface area contributed by atoms with E-state index >= 15 is 0 Å². The zero-order chi connectivity index (χ0) is 15.8. The summed E-state index contributed by atoms with van der Waals surface area (Å²) < 4.78 is 0. The van der Waals surface area contributed by atoms with Crippen LogP contribution in [0.5, 0.6) is 0 Å². The molecule has 0 aliphatic rings. The quantitative estimate of drug-likeness (QED) is 0.705. The van der Waals surface area contributed by atoms with E-state index in [1.54, 1.807) is 0 Å². The molecular weight excluding hydrogens is 290 g/mol. The third kappa shape index (κ3) is 6.14. The highest BCUT2D eigenvalue weighted by molar-refractivity contribution is 6.31. The van der Waals surface area contributed by atoms with E-state index in [4.69, 9.17) is 17.3 Å². The van der Waals surface area contributed by atoms with Crippen molar-refractivity contribution in [3.05, 3.63) is 34.9 Å². The van der Waals surface area contributed by atoms with Gasteiger partial charge in [-0.2, -0.15) is 0 Å². The summed E-state index contributed by atoms with van der Waals surface area (Å²) in [6, 6.07) is 6.89. The number of amides is 2. The maximum Gasteiger partial charge on any atom is 0.239 e.